The van der Waals surface area contributed by atoms with E-state index >= 15 is 0 Å². The number of hydrogen-bond donors (Lipinski definition) is 2. The first-order chi connectivity index (χ1) is 10.2. The standard InChI is InChI=1S/C12H13N3O2.C2H6OS/c16-9-7-8(13-1-2-13)12(17)11(15-5-6-15)10(9)14-3-4-14;3-1-2-4/h7H,1-6H2;3-4H,1-2H2. The molecule has 0 amide bonds. The molecule has 0 atom stereocenters. The summed E-state index contributed by atoms with van der Waals surface area (Å²) in [4.78, 5) is 30.5. The zero-order chi connectivity index (χ0) is 15.0. The molecule has 1 aliphatic carbocycles. The van der Waals surface area contributed by atoms with Gasteiger partial charge in [-0.05, 0) is 0 Å². The summed E-state index contributed by atoms with van der Waals surface area (Å²) < 4.78 is 0. The summed E-state index contributed by atoms with van der Waals surface area (Å²) in [5.41, 5.74) is 1.89. The molecule has 3 heterocycles. The molecule has 114 valence electrons. The fourth-order valence-electron chi connectivity index (χ4n) is 2.28. The summed E-state index contributed by atoms with van der Waals surface area (Å²) in [6, 6.07) is 0. The largest absolute Gasteiger partial charge is 0.396 e. The molecule has 0 bridgehead atoms. The molecule has 4 rings (SSSR count). The van der Waals surface area contributed by atoms with E-state index in [-0.39, 0.29) is 18.2 Å². The van der Waals surface area contributed by atoms with E-state index < -0.39 is 0 Å². The van der Waals surface area contributed by atoms with Crippen LogP contribution in [-0.4, -0.2) is 83.0 Å². The van der Waals surface area contributed by atoms with Gasteiger partial charge in [-0.1, -0.05) is 0 Å². The van der Waals surface area contributed by atoms with E-state index in [4.69, 9.17) is 5.11 Å². The first kappa shape index (κ1) is 14.5. The Bertz CT molecular complexity index is 530. The molecule has 3 aliphatic heterocycles. The van der Waals surface area contributed by atoms with Crippen LogP contribution in [0.15, 0.2) is 23.2 Å². The summed E-state index contributed by atoms with van der Waals surface area (Å²) in [7, 11) is 0. The van der Waals surface area contributed by atoms with Gasteiger partial charge in [-0.3, -0.25) is 9.59 Å². The molecule has 3 saturated heterocycles. The first-order valence-electron chi connectivity index (χ1n) is 7.19. The molecule has 4 aliphatic rings. The molecular weight excluding hydrogens is 290 g/mol. The van der Waals surface area contributed by atoms with Crippen LogP contribution in [0, 0.1) is 0 Å². The van der Waals surface area contributed by atoms with E-state index in [1.165, 1.54) is 6.08 Å². The quantitative estimate of drug-likeness (QED) is 0.398. The lowest BCUT2D eigenvalue weighted by molar-refractivity contribution is -0.117. The lowest BCUT2D eigenvalue weighted by atomic mass is 10.0. The van der Waals surface area contributed by atoms with Crippen LogP contribution in [0.5, 0.6) is 0 Å². The Hall–Kier alpha value is -1.47. The van der Waals surface area contributed by atoms with Gasteiger partial charge in [0.1, 0.15) is 11.4 Å². The van der Waals surface area contributed by atoms with Gasteiger partial charge in [0.25, 0.3) is 0 Å². The van der Waals surface area contributed by atoms with Gasteiger partial charge in [0.05, 0.1) is 12.3 Å². The van der Waals surface area contributed by atoms with Crippen molar-refractivity contribution in [2.75, 3.05) is 51.6 Å². The van der Waals surface area contributed by atoms with Crippen LogP contribution in [0.25, 0.3) is 0 Å². The average Bonchev–Trinajstić information content (AvgIpc) is 3.30. The summed E-state index contributed by atoms with van der Waals surface area (Å²) in [6.07, 6.45) is 1.52. The van der Waals surface area contributed by atoms with Crippen molar-refractivity contribution >= 4 is 24.2 Å². The topological polar surface area (TPSA) is 63.4 Å². The number of nitrogens with zero attached hydrogens (tertiary/aromatic N) is 3. The molecule has 0 aromatic rings. The Morgan fingerprint density at radius 3 is 1.86 bits per heavy atom. The monoisotopic (exact) mass is 309 g/mol. The smallest absolute Gasteiger partial charge is 0.227 e. The van der Waals surface area contributed by atoms with Crippen LogP contribution in [-0.2, 0) is 9.59 Å². The van der Waals surface area contributed by atoms with Crippen LogP contribution >= 0.6 is 12.6 Å². The van der Waals surface area contributed by atoms with Crippen molar-refractivity contribution in [3.63, 3.8) is 0 Å². The summed E-state index contributed by atoms with van der Waals surface area (Å²) in [5, 5.41) is 7.80. The van der Waals surface area contributed by atoms with Crippen LogP contribution in [0.4, 0.5) is 0 Å². The van der Waals surface area contributed by atoms with Gasteiger partial charge in [-0.25, -0.2) is 0 Å². The number of aliphatic hydroxyl groups excluding tert-OH is 1. The average molecular weight is 309 g/mol. The highest BCUT2D eigenvalue weighted by Gasteiger charge is 2.43. The minimum Gasteiger partial charge on any atom is -0.396 e. The summed E-state index contributed by atoms with van der Waals surface area (Å²) in [5.74, 6) is 0.618. The lowest BCUT2D eigenvalue weighted by Crippen LogP contribution is -2.29. The second-order valence-electron chi connectivity index (χ2n) is 5.33. The highest BCUT2D eigenvalue weighted by Crippen LogP contribution is 2.33. The van der Waals surface area contributed by atoms with Gasteiger partial charge in [-0.2, -0.15) is 12.6 Å². The van der Waals surface area contributed by atoms with E-state index in [9.17, 15) is 9.59 Å². The van der Waals surface area contributed by atoms with Gasteiger partial charge in [-0.15, -0.1) is 0 Å². The number of thiol groups is 1. The Labute approximate surface area is 129 Å². The van der Waals surface area contributed by atoms with Gasteiger partial charge in [0.15, 0.2) is 0 Å². The van der Waals surface area contributed by atoms with Crippen molar-refractivity contribution in [1.29, 1.82) is 0 Å². The molecule has 1 N–H and O–H groups in total. The Morgan fingerprint density at radius 1 is 0.952 bits per heavy atom. The van der Waals surface area contributed by atoms with E-state index in [0.717, 1.165) is 39.3 Å². The van der Waals surface area contributed by atoms with Gasteiger partial charge >= 0.3 is 0 Å². The number of rotatable bonds is 4. The SMILES string of the molecule is O=C1C=C(N2CC2)C(=O)C(N2CC2)=C1N1CC1.OCCS. The third-order valence-electron chi connectivity index (χ3n) is 3.59. The normalized spacial score (nSPS) is 23.0. The number of aliphatic hydroxyl groups is 1. The predicted molar refractivity (Wildman–Crippen MR) is 80.8 cm³/mol. The molecule has 21 heavy (non-hydrogen) atoms. The van der Waals surface area contributed by atoms with Crippen LogP contribution in [0.2, 0.25) is 0 Å². The fraction of sp³-hybridized carbons (Fsp3) is 0.571. The van der Waals surface area contributed by atoms with Crippen molar-refractivity contribution in [3.05, 3.63) is 23.2 Å². The Morgan fingerprint density at radius 2 is 1.43 bits per heavy atom. The minimum absolute atomic E-state index is 0.00546. The van der Waals surface area contributed by atoms with Crippen LogP contribution in [0.1, 0.15) is 0 Å². The number of carbonyl (C=O) groups is 2. The number of Topliss-reactive ketones (excluding diaryl/α,β-unsaturated/α-hetero) is 1. The van der Waals surface area contributed by atoms with E-state index in [1.807, 2.05) is 14.7 Å². The van der Waals surface area contributed by atoms with Gasteiger partial charge < -0.3 is 19.8 Å². The molecule has 3 fully saturated rings. The van der Waals surface area contributed by atoms with Gasteiger partial charge in [0, 0.05) is 51.1 Å². The highest BCUT2D eigenvalue weighted by atomic mass is 32.1. The summed E-state index contributed by atoms with van der Waals surface area (Å²) in [6.45, 7) is 5.59. The number of ketones is 2. The van der Waals surface area contributed by atoms with E-state index in [2.05, 4.69) is 12.6 Å². The highest BCUT2D eigenvalue weighted by molar-refractivity contribution is 7.80. The summed E-state index contributed by atoms with van der Waals surface area (Å²) >= 11 is 3.67. The third kappa shape index (κ3) is 3.08. The maximum absolute atomic E-state index is 12.4. The predicted octanol–water partition coefficient (Wildman–Crippen LogP) is -0.911. The molecule has 6 nitrogen and oxygen atoms in total. The van der Waals surface area contributed by atoms with Crippen molar-refractivity contribution < 1.29 is 14.7 Å². The number of hydrogen-bond acceptors (Lipinski definition) is 7. The maximum atomic E-state index is 12.4. The Balaban J connectivity index is 0.000000298. The number of carbonyl (C=O) groups excluding carboxylic acids is 2. The third-order valence-corrected chi connectivity index (χ3v) is 3.79. The van der Waals surface area contributed by atoms with Crippen molar-refractivity contribution in [3.8, 4) is 0 Å². The molecule has 7 heteroatoms. The molecule has 0 radical (unpaired) electrons. The molecule has 0 aromatic carbocycles. The van der Waals surface area contributed by atoms with Crippen molar-refractivity contribution in [2.45, 2.75) is 0 Å². The van der Waals surface area contributed by atoms with Crippen LogP contribution < -0.4 is 0 Å². The molecule has 0 aromatic heterocycles. The molecule has 0 saturated carbocycles. The van der Waals surface area contributed by atoms with Crippen molar-refractivity contribution in [1.82, 2.24) is 14.7 Å². The first-order valence-corrected chi connectivity index (χ1v) is 7.82. The minimum atomic E-state index is 0.00546. The number of allylic oxidation sites excluding steroid dienone is 1. The second-order valence-corrected chi connectivity index (χ2v) is 5.78. The zero-order valence-corrected chi connectivity index (χ0v) is 12.7. The Kier molecular flexibility index (Phi) is 3.95. The second kappa shape index (κ2) is 5.73. The van der Waals surface area contributed by atoms with Gasteiger partial charge in [0.2, 0.25) is 11.6 Å². The van der Waals surface area contributed by atoms with E-state index in [0.29, 0.717) is 22.8 Å². The molecular formula is C14H19N3O3S. The maximum Gasteiger partial charge on any atom is 0.227 e. The van der Waals surface area contributed by atoms with Crippen LogP contribution in [0.3, 0.4) is 0 Å². The molecule has 0 unspecified atom stereocenters. The van der Waals surface area contributed by atoms with E-state index in [1.54, 1.807) is 0 Å². The zero-order valence-electron chi connectivity index (χ0n) is 11.8. The fourth-order valence-corrected chi connectivity index (χ4v) is 2.28. The van der Waals surface area contributed by atoms with Crippen molar-refractivity contribution in [2.24, 2.45) is 0 Å². The lowest BCUT2D eigenvalue weighted by Gasteiger charge is -2.21. The molecule has 0 spiro atoms.